The first-order valence-electron chi connectivity index (χ1n) is 12.8. The van der Waals surface area contributed by atoms with Crippen molar-refractivity contribution in [1.29, 1.82) is 0 Å². The van der Waals surface area contributed by atoms with E-state index in [1.807, 2.05) is 0 Å². The standard InChI is InChI=1S/C28H44O4S/c1-19(2)20(3)9-10-22(5)26-15-16-27-23(8-7-17-28(26,27)6)12-13-24-18-25(14-11-21(24)4)32-33(29,30)31/h9-10,12-13,19-20,22,25-27H,4,7-8,11,14-18H2,1-3,5-6H3,(H,29,30,31)/b10-9+,23-12+,24-13-/t20-,22+,25-,26+,27-,28+/m0/s1. The molecule has 3 rings (SSSR count). The van der Waals surface area contributed by atoms with Gasteiger partial charge in [-0.25, -0.2) is 4.18 Å². The lowest BCUT2D eigenvalue weighted by Crippen LogP contribution is -2.35. The molecular weight excluding hydrogens is 432 g/mol. The Kier molecular flexibility index (Phi) is 8.51. The molecule has 0 aromatic rings. The van der Waals surface area contributed by atoms with Gasteiger partial charge in [-0.1, -0.05) is 76.6 Å². The van der Waals surface area contributed by atoms with Crippen LogP contribution in [0.25, 0.3) is 0 Å². The molecule has 0 aromatic carbocycles. The maximum absolute atomic E-state index is 11.1. The number of fused-ring (bicyclic) bond motifs is 1. The summed E-state index contributed by atoms with van der Waals surface area (Å²) < 4.78 is 36.2. The summed E-state index contributed by atoms with van der Waals surface area (Å²) in [6, 6.07) is 0. The van der Waals surface area contributed by atoms with Gasteiger partial charge in [0.05, 0.1) is 6.10 Å². The second-order valence-electron chi connectivity index (χ2n) is 11.4. The molecule has 33 heavy (non-hydrogen) atoms. The third-order valence-electron chi connectivity index (χ3n) is 8.87. The van der Waals surface area contributed by atoms with Crippen molar-refractivity contribution in [3.63, 3.8) is 0 Å². The van der Waals surface area contributed by atoms with E-state index in [1.165, 1.54) is 31.3 Å². The quantitative estimate of drug-likeness (QED) is 0.306. The number of allylic oxidation sites excluding steroid dienone is 6. The summed E-state index contributed by atoms with van der Waals surface area (Å²) in [6.07, 6.45) is 16.8. The van der Waals surface area contributed by atoms with Crippen molar-refractivity contribution in [3.05, 3.63) is 47.6 Å². The van der Waals surface area contributed by atoms with Crippen LogP contribution in [0.15, 0.2) is 47.6 Å². The van der Waals surface area contributed by atoms with Crippen molar-refractivity contribution >= 4 is 10.4 Å². The van der Waals surface area contributed by atoms with E-state index < -0.39 is 16.5 Å². The van der Waals surface area contributed by atoms with E-state index in [-0.39, 0.29) is 0 Å². The predicted octanol–water partition coefficient (Wildman–Crippen LogP) is 7.47. The Balaban J connectivity index is 1.75. The monoisotopic (exact) mass is 476 g/mol. The average molecular weight is 477 g/mol. The molecular formula is C28H44O4S. The van der Waals surface area contributed by atoms with Gasteiger partial charge in [-0.2, -0.15) is 8.42 Å². The van der Waals surface area contributed by atoms with Crippen molar-refractivity contribution < 1.29 is 17.2 Å². The summed E-state index contributed by atoms with van der Waals surface area (Å²) >= 11 is 0. The van der Waals surface area contributed by atoms with Crippen LogP contribution in [0, 0.1) is 35.0 Å². The third kappa shape index (κ3) is 6.49. The highest BCUT2D eigenvalue weighted by Gasteiger charge is 2.50. The first-order valence-corrected chi connectivity index (χ1v) is 14.2. The van der Waals surface area contributed by atoms with Gasteiger partial charge in [0.15, 0.2) is 0 Å². The van der Waals surface area contributed by atoms with Crippen LogP contribution in [0.1, 0.15) is 86.0 Å². The molecule has 3 saturated carbocycles. The van der Waals surface area contributed by atoms with Gasteiger partial charge >= 0.3 is 10.4 Å². The first-order chi connectivity index (χ1) is 15.4. The summed E-state index contributed by atoms with van der Waals surface area (Å²) in [5.74, 6) is 3.22. The minimum absolute atomic E-state index is 0.341. The van der Waals surface area contributed by atoms with E-state index in [4.69, 9.17) is 8.74 Å². The molecule has 0 heterocycles. The molecule has 3 aliphatic carbocycles. The van der Waals surface area contributed by atoms with Crippen LogP contribution < -0.4 is 0 Å². The average Bonchev–Trinajstić information content (AvgIpc) is 3.08. The van der Waals surface area contributed by atoms with Gasteiger partial charge in [-0.15, -0.1) is 0 Å². The molecule has 5 heteroatoms. The maximum atomic E-state index is 11.1. The molecule has 0 unspecified atom stereocenters. The fourth-order valence-corrected chi connectivity index (χ4v) is 6.99. The zero-order chi connectivity index (χ0) is 24.4. The molecule has 3 fully saturated rings. The van der Waals surface area contributed by atoms with Crippen LogP contribution in [0.2, 0.25) is 0 Å². The summed E-state index contributed by atoms with van der Waals surface area (Å²) in [5.41, 5.74) is 3.97. The summed E-state index contributed by atoms with van der Waals surface area (Å²) in [5, 5.41) is 0. The van der Waals surface area contributed by atoms with Crippen LogP contribution in [0.3, 0.4) is 0 Å². The highest BCUT2D eigenvalue weighted by atomic mass is 32.3. The molecule has 0 spiro atoms. The van der Waals surface area contributed by atoms with Crippen molar-refractivity contribution in [2.45, 2.75) is 92.1 Å². The minimum Gasteiger partial charge on any atom is -0.264 e. The minimum atomic E-state index is -4.43. The Labute approximate surface area is 202 Å². The fourth-order valence-electron chi connectivity index (χ4n) is 6.49. The highest BCUT2D eigenvalue weighted by molar-refractivity contribution is 7.80. The Morgan fingerprint density at radius 2 is 1.82 bits per heavy atom. The van der Waals surface area contributed by atoms with Gasteiger partial charge in [0.2, 0.25) is 0 Å². The Morgan fingerprint density at radius 1 is 1.09 bits per heavy atom. The van der Waals surface area contributed by atoms with E-state index >= 15 is 0 Å². The molecule has 4 nitrogen and oxygen atoms in total. The van der Waals surface area contributed by atoms with Crippen LogP contribution >= 0.6 is 0 Å². The van der Waals surface area contributed by atoms with Crippen molar-refractivity contribution in [1.82, 2.24) is 0 Å². The van der Waals surface area contributed by atoms with Gasteiger partial charge in [-0.3, -0.25) is 4.55 Å². The molecule has 0 amide bonds. The molecule has 0 radical (unpaired) electrons. The first kappa shape index (κ1) is 26.4. The lowest BCUT2D eigenvalue weighted by Gasteiger charge is -2.44. The van der Waals surface area contributed by atoms with E-state index in [0.29, 0.717) is 54.3 Å². The number of rotatable bonds is 7. The van der Waals surface area contributed by atoms with Crippen LogP contribution in [0.5, 0.6) is 0 Å². The van der Waals surface area contributed by atoms with Crippen molar-refractivity contribution in [2.24, 2.45) is 35.0 Å². The molecule has 3 aliphatic rings. The maximum Gasteiger partial charge on any atom is 0.397 e. The second kappa shape index (κ2) is 10.6. The zero-order valence-corrected chi connectivity index (χ0v) is 22.0. The smallest absolute Gasteiger partial charge is 0.264 e. The summed E-state index contributed by atoms with van der Waals surface area (Å²) in [4.78, 5) is 0. The normalized spacial score (nSPS) is 35.5. The van der Waals surface area contributed by atoms with E-state index in [0.717, 1.165) is 17.6 Å². The number of hydrogen-bond acceptors (Lipinski definition) is 3. The van der Waals surface area contributed by atoms with Crippen LogP contribution in [-0.2, 0) is 14.6 Å². The van der Waals surface area contributed by atoms with Crippen LogP contribution in [0.4, 0.5) is 0 Å². The topological polar surface area (TPSA) is 63.6 Å². The lowest BCUT2D eigenvalue weighted by molar-refractivity contribution is 0.112. The molecule has 186 valence electrons. The van der Waals surface area contributed by atoms with Crippen molar-refractivity contribution in [3.8, 4) is 0 Å². The number of hydrogen-bond donors (Lipinski definition) is 1. The van der Waals surface area contributed by atoms with Gasteiger partial charge in [0.1, 0.15) is 0 Å². The molecule has 0 aromatic heterocycles. The lowest BCUT2D eigenvalue weighted by atomic mass is 9.61. The predicted molar refractivity (Wildman–Crippen MR) is 136 cm³/mol. The molecule has 0 aliphatic heterocycles. The molecule has 0 saturated heterocycles. The third-order valence-corrected chi connectivity index (χ3v) is 9.38. The molecule has 0 bridgehead atoms. The SMILES string of the molecule is C=C1CC[C@H](OS(=O)(=O)O)C/C1=C/C=C1\CCC[C@]2(C)[C@@H]([C@H](C)/C=C/[C@H](C)C(C)C)CC[C@@H]12. The Bertz CT molecular complexity index is 910. The van der Waals surface area contributed by atoms with Gasteiger partial charge in [0.25, 0.3) is 0 Å². The Hall–Kier alpha value is -1.17. The fraction of sp³-hybridized carbons (Fsp3) is 0.714. The van der Waals surface area contributed by atoms with Gasteiger partial charge in [-0.05, 0) is 85.5 Å². The molecule has 1 N–H and O–H groups in total. The van der Waals surface area contributed by atoms with Crippen LogP contribution in [-0.4, -0.2) is 19.1 Å². The van der Waals surface area contributed by atoms with E-state index in [2.05, 4.69) is 65.5 Å². The zero-order valence-electron chi connectivity index (χ0n) is 21.2. The van der Waals surface area contributed by atoms with E-state index in [9.17, 15) is 8.42 Å². The summed E-state index contributed by atoms with van der Waals surface area (Å²) in [6.45, 7) is 16.0. The van der Waals surface area contributed by atoms with Gasteiger partial charge in [0, 0.05) is 6.42 Å². The van der Waals surface area contributed by atoms with Gasteiger partial charge < -0.3 is 0 Å². The van der Waals surface area contributed by atoms with Crippen molar-refractivity contribution in [2.75, 3.05) is 0 Å². The Morgan fingerprint density at radius 3 is 2.48 bits per heavy atom. The largest absolute Gasteiger partial charge is 0.397 e. The van der Waals surface area contributed by atoms with E-state index in [1.54, 1.807) is 0 Å². The second-order valence-corrected chi connectivity index (χ2v) is 12.4. The molecule has 6 atom stereocenters. The highest BCUT2D eigenvalue weighted by Crippen LogP contribution is 2.59. The summed E-state index contributed by atoms with van der Waals surface area (Å²) in [7, 11) is -4.43.